The minimum atomic E-state index is -0.892. The summed E-state index contributed by atoms with van der Waals surface area (Å²) in [5.74, 6) is -0.549. The lowest BCUT2D eigenvalue weighted by Crippen LogP contribution is -2.30. The number of ether oxygens (including phenoxy) is 1. The lowest BCUT2D eigenvalue weighted by Gasteiger charge is -2.18. The topological polar surface area (TPSA) is 93.5 Å². The van der Waals surface area contributed by atoms with Crippen molar-refractivity contribution in [3.63, 3.8) is 0 Å². The van der Waals surface area contributed by atoms with Crippen LogP contribution in [0.25, 0.3) is 11.0 Å². The average Bonchev–Trinajstić information content (AvgIpc) is 3.21. The Morgan fingerprint density at radius 1 is 1.03 bits per heavy atom. The zero-order valence-corrected chi connectivity index (χ0v) is 17.5. The molecule has 7 nitrogen and oxygen atoms in total. The second kappa shape index (κ2) is 9.34. The summed E-state index contributed by atoms with van der Waals surface area (Å²) in [6.07, 6.45) is 0.893. The van der Waals surface area contributed by atoms with Gasteiger partial charge >= 0.3 is 5.97 Å². The maximum atomic E-state index is 12.5. The van der Waals surface area contributed by atoms with Gasteiger partial charge in [0.2, 0.25) is 0 Å². The molecule has 0 aliphatic heterocycles. The molecule has 2 N–H and O–H groups in total. The molecule has 0 bridgehead atoms. The van der Waals surface area contributed by atoms with Crippen molar-refractivity contribution < 1.29 is 19.4 Å². The Kier molecular flexibility index (Phi) is 6.17. The molecule has 0 radical (unpaired) electrons. The number of carboxylic acids is 1. The van der Waals surface area contributed by atoms with Crippen LogP contribution in [0.5, 0.6) is 5.75 Å². The maximum Gasteiger partial charge on any atom is 0.305 e. The van der Waals surface area contributed by atoms with Gasteiger partial charge in [0, 0.05) is 5.69 Å². The van der Waals surface area contributed by atoms with Crippen molar-refractivity contribution in [1.82, 2.24) is 9.55 Å². The van der Waals surface area contributed by atoms with E-state index in [1.807, 2.05) is 59.2 Å². The SMILES string of the molecule is CC(Oc1ccccc1)C(=O)Nc1ccc2c(c1)ncn2C(CC(=O)O)c1ccccc1. The van der Waals surface area contributed by atoms with Gasteiger partial charge < -0.3 is 19.7 Å². The quantitative estimate of drug-likeness (QED) is 0.430. The number of nitrogens with zero attached hydrogens (tertiary/aromatic N) is 2. The van der Waals surface area contributed by atoms with Crippen molar-refractivity contribution in [3.8, 4) is 5.75 Å². The van der Waals surface area contributed by atoms with Crippen molar-refractivity contribution >= 4 is 28.6 Å². The number of aliphatic carboxylic acids is 1. The van der Waals surface area contributed by atoms with Crippen LogP contribution in [0.3, 0.4) is 0 Å². The number of hydrogen-bond acceptors (Lipinski definition) is 4. The highest BCUT2D eigenvalue weighted by Gasteiger charge is 2.20. The van der Waals surface area contributed by atoms with Gasteiger partial charge in [-0.25, -0.2) is 4.98 Å². The molecule has 2 atom stereocenters. The number of imidazole rings is 1. The Labute approximate surface area is 185 Å². The summed E-state index contributed by atoms with van der Waals surface area (Å²) in [6.45, 7) is 1.69. The molecule has 1 heterocycles. The van der Waals surface area contributed by atoms with Crippen molar-refractivity contribution in [2.75, 3.05) is 5.32 Å². The van der Waals surface area contributed by atoms with Crippen LogP contribution in [0.15, 0.2) is 85.2 Å². The first kappa shape index (κ1) is 21.1. The number of aromatic nitrogens is 2. The van der Waals surface area contributed by atoms with E-state index < -0.39 is 18.1 Å². The molecular formula is C25H23N3O4. The first-order chi connectivity index (χ1) is 15.5. The second-order valence-electron chi connectivity index (χ2n) is 7.44. The summed E-state index contributed by atoms with van der Waals surface area (Å²) in [4.78, 5) is 28.5. The fourth-order valence-corrected chi connectivity index (χ4v) is 3.58. The Balaban J connectivity index is 1.54. The summed E-state index contributed by atoms with van der Waals surface area (Å²) in [5, 5.41) is 12.3. The van der Waals surface area contributed by atoms with E-state index >= 15 is 0 Å². The van der Waals surface area contributed by atoms with E-state index in [0.717, 1.165) is 11.1 Å². The maximum absolute atomic E-state index is 12.5. The van der Waals surface area contributed by atoms with E-state index in [-0.39, 0.29) is 12.3 Å². The van der Waals surface area contributed by atoms with Gasteiger partial charge in [0.15, 0.2) is 6.10 Å². The fourth-order valence-electron chi connectivity index (χ4n) is 3.58. The van der Waals surface area contributed by atoms with Crippen LogP contribution in [0.2, 0.25) is 0 Å². The molecule has 162 valence electrons. The smallest absolute Gasteiger partial charge is 0.305 e. The van der Waals surface area contributed by atoms with Gasteiger partial charge in [0.25, 0.3) is 5.91 Å². The van der Waals surface area contributed by atoms with Gasteiger partial charge in [-0.1, -0.05) is 48.5 Å². The van der Waals surface area contributed by atoms with Gasteiger partial charge in [-0.15, -0.1) is 0 Å². The fraction of sp³-hybridized carbons (Fsp3) is 0.160. The third-order valence-corrected chi connectivity index (χ3v) is 5.16. The lowest BCUT2D eigenvalue weighted by atomic mass is 10.0. The Hall–Kier alpha value is -4.13. The summed E-state index contributed by atoms with van der Waals surface area (Å²) < 4.78 is 7.52. The van der Waals surface area contributed by atoms with Crippen LogP contribution in [0.1, 0.15) is 24.9 Å². The number of carbonyl (C=O) groups excluding carboxylic acids is 1. The first-order valence-corrected chi connectivity index (χ1v) is 10.3. The summed E-state index contributed by atoms with van der Waals surface area (Å²) in [6, 6.07) is 23.6. The first-order valence-electron chi connectivity index (χ1n) is 10.3. The molecule has 3 aromatic carbocycles. The highest BCUT2D eigenvalue weighted by atomic mass is 16.5. The van der Waals surface area contributed by atoms with Crippen molar-refractivity contribution in [1.29, 1.82) is 0 Å². The second-order valence-corrected chi connectivity index (χ2v) is 7.44. The zero-order chi connectivity index (χ0) is 22.5. The number of fused-ring (bicyclic) bond motifs is 1. The van der Waals surface area contributed by atoms with E-state index in [2.05, 4.69) is 10.3 Å². The number of amides is 1. The van der Waals surface area contributed by atoms with Crippen LogP contribution in [-0.2, 0) is 9.59 Å². The van der Waals surface area contributed by atoms with Gasteiger partial charge in [-0.3, -0.25) is 9.59 Å². The summed E-state index contributed by atoms with van der Waals surface area (Å²) in [7, 11) is 0. The van der Waals surface area contributed by atoms with E-state index in [9.17, 15) is 14.7 Å². The Morgan fingerprint density at radius 2 is 1.72 bits per heavy atom. The zero-order valence-electron chi connectivity index (χ0n) is 17.5. The molecule has 4 rings (SSSR count). The van der Waals surface area contributed by atoms with Gasteiger partial charge in [-0.2, -0.15) is 0 Å². The third-order valence-electron chi connectivity index (χ3n) is 5.16. The van der Waals surface area contributed by atoms with Crippen molar-refractivity contribution in [2.24, 2.45) is 0 Å². The van der Waals surface area contributed by atoms with Gasteiger partial charge in [0.05, 0.1) is 29.8 Å². The van der Waals surface area contributed by atoms with Gasteiger partial charge in [-0.05, 0) is 42.8 Å². The number of carbonyl (C=O) groups is 2. The average molecular weight is 429 g/mol. The predicted octanol–water partition coefficient (Wildman–Crippen LogP) is 4.51. The van der Waals surface area contributed by atoms with Crippen LogP contribution >= 0.6 is 0 Å². The minimum Gasteiger partial charge on any atom is -0.481 e. The van der Waals surface area contributed by atoms with Gasteiger partial charge in [0.1, 0.15) is 5.75 Å². The Bertz CT molecular complexity index is 1220. The molecule has 0 saturated heterocycles. The van der Waals surface area contributed by atoms with E-state index in [1.165, 1.54) is 0 Å². The Morgan fingerprint density at radius 3 is 2.41 bits per heavy atom. The summed E-state index contributed by atoms with van der Waals surface area (Å²) in [5.41, 5.74) is 2.92. The largest absolute Gasteiger partial charge is 0.481 e. The van der Waals surface area contributed by atoms with Crippen LogP contribution in [0, 0.1) is 0 Å². The van der Waals surface area contributed by atoms with E-state index in [4.69, 9.17) is 4.74 Å². The standard InChI is InChI=1S/C25H23N3O4/c1-17(32-20-10-6-3-7-11-20)25(31)27-19-12-13-22-21(14-19)26-16-28(22)23(15-24(29)30)18-8-4-2-5-9-18/h2-14,16-17,23H,15H2,1H3,(H,27,31)(H,29,30). The number of benzene rings is 3. The number of hydrogen-bond donors (Lipinski definition) is 2. The van der Waals surface area contributed by atoms with E-state index in [1.54, 1.807) is 37.5 Å². The third kappa shape index (κ3) is 4.78. The predicted molar refractivity (Wildman–Crippen MR) is 122 cm³/mol. The molecule has 4 aromatic rings. The molecular weight excluding hydrogens is 406 g/mol. The number of anilines is 1. The highest BCUT2D eigenvalue weighted by molar-refractivity contribution is 5.95. The summed E-state index contributed by atoms with van der Waals surface area (Å²) >= 11 is 0. The molecule has 7 heteroatoms. The number of nitrogens with one attached hydrogen (secondary N) is 1. The molecule has 1 aromatic heterocycles. The molecule has 0 aliphatic rings. The number of para-hydroxylation sites is 1. The highest BCUT2D eigenvalue weighted by Crippen LogP contribution is 2.28. The monoisotopic (exact) mass is 429 g/mol. The number of carboxylic acid groups (broad SMARTS) is 1. The lowest BCUT2D eigenvalue weighted by molar-refractivity contribution is -0.137. The molecule has 32 heavy (non-hydrogen) atoms. The van der Waals surface area contributed by atoms with Crippen molar-refractivity contribution in [3.05, 3.63) is 90.8 Å². The molecule has 0 saturated carbocycles. The van der Waals surface area contributed by atoms with Crippen molar-refractivity contribution in [2.45, 2.75) is 25.5 Å². The van der Waals surface area contributed by atoms with Crippen LogP contribution in [0.4, 0.5) is 5.69 Å². The molecule has 1 amide bonds. The molecule has 0 fully saturated rings. The molecule has 2 unspecified atom stereocenters. The normalized spacial score (nSPS) is 12.8. The minimum absolute atomic E-state index is 0.0672. The van der Waals surface area contributed by atoms with Crippen LogP contribution < -0.4 is 10.1 Å². The number of rotatable bonds is 8. The van der Waals surface area contributed by atoms with E-state index in [0.29, 0.717) is 17.0 Å². The molecule has 0 aliphatic carbocycles. The van der Waals surface area contributed by atoms with Crippen LogP contribution in [-0.4, -0.2) is 32.6 Å². The molecule has 0 spiro atoms.